The minimum absolute atomic E-state index is 0. The van der Waals surface area contributed by atoms with Gasteiger partial charge in [-0.25, -0.2) is 4.39 Å². The molecule has 0 amide bonds. The van der Waals surface area contributed by atoms with Crippen LogP contribution in [-0.2, 0) is 11.3 Å². The number of guanidine groups is 1. The Kier molecular flexibility index (Phi) is 9.89. The highest BCUT2D eigenvalue weighted by molar-refractivity contribution is 14.0. The molecule has 7 heteroatoms. The Bertz CT molecular complexity index is 510. The molecule has 23 heavy (non-hydrogen) atoms. The lowest BCUT2D eigenvalue weighted by Gasteiger charge is -2.23. The maximum absolute atomic E-state index is 13.4. The number of ether oxygens (including phenoxy) is 1. The summed E-state index contributed by atoms with van der Waals surface area (Å²) >= 11 is 1.62. The molecule has 130 valence electrons. The summed E-state index contributed by atoms with van der Waals surface area (Å²) in [7, 11) is 1.75. The topological polar surface area (TPSA) is 45.7 Å². The average molecular weight is 453 g/mol. The fourth-order valence-electron chi connectivity index (χ4n) is 2.48. The lowest BCUT2D eigenvalue weighted by molar-refractivity contribution is 0.0675. The molecular formula is C16H25FIN3OS. The highest BCUT2D eigenvalue weighted by atomic mass is 127. The predicted molar refractivity (Wildman–Crippen MR) is 105 cm³/mol. The van der Waals surface area contributed by atoms with Crippen LogP contribution in [0.5, 0.6) is 0 Å². The van der Waals surface area contributed by atoms with Crippen LogP contribution in [0.2, 0.25) is 0 Å². The van der Waals surface area contributed by atoms with Crippen molar-refractivity contribution in [1.29, 1.82) is 0 Å². The summed E-state index contributed by atoms with van der Waals surface area (Å²) in [6.45, 7) is 3.14. The van der Waals surface area contributed by atoms with E-state index in [1.807, 2.05) is 12.3 Å². The predicted octanol–water partition coefficient (Wildman–Crippen LogP) is 3.26. The number of thioether (sulfide) groups is 1. The van der Waals surface area contributed by atoms with E-state index in [0.29, 0.717) is 12.5 Å². The first-order valence-electron chi connectivity index (χ1n) is 7.57. The van der Waals surface area contributed by atoms with Crippen molar-refractivity contribution in [3.63, 3.8) is 0 Å². The Morgan fingerprint density at radius 1 is 1.35 bits per heavy atom. The highest BCUT2D eigenvalue weighted by Crippen LogP contribution is 2.21. The highest BCUT2D eigenvalue weighted by Gasteiger charge is 2.14. The van der Waals surface area contributed by atoms with Crippen LogP contribution in [0.4, 0.5) is 4.39 Å². The summed E-state index contributed by atoms with van der Waals surface area (Å²) < 4.78 is 18.7. The largest absolute Gasteiger partial charge is 0.381 e. The summed E-state index contributed by atoms with van der Waals surface area (Å²) in [6, 6.07) is 4.88. The van der Waals surface area contributed by atoms with E-state index in [-0.39, 0.29) is 29.8 Å². The molecule has 1 fully saturated rings. The Labute approximate surface area is 159 Å². The molecule has 0 unspecified atom stereocenters. The smallest absolute Gasteiger partial charge is 0.191 e. The quantitative estimate of drug-likeness (QED) is 0.311. The van der Waals surface area contributed by atoms with Gasteiger partial charge in [0, 0.05) is 38.2 Å². The van der Waals surface area contributed by atoms with Crippen molar-refractivity contribution in [2.75, 3.05) is 33.1 Å². The SMILES string of the molecule is CN=C(NCc1cc(F)ccc1SC)NCC1CCOCC1.I. The van der Waals surface area contributed by atoms with Gasteiger partial charge in [0.2, 0.25) is 0 Å². The summed E-state index contributed by atoms with van der Waals surface area (Å²) in [5.41, 5.74) is 0.946. The van der Waals surface area contributed by atoms with Crippen LogP contribution in [0.25, 0.3) is 0 Å². The Morgan fingerprint density at radius 3 is 2.74 bits per heavy atom. The van der Waals surface area contributed by atoms with Crippen LogP contribution < -0.4 is 10.6 Å². The summed E-state index contributed by atoms with van der Waals surface area (Å²) in [5, 5.41) is 6.60. The Balaban J connectivity index is 0.00000264. The van der Waals surface area contributed by atoms with Crippen molar-refractivity contribution >= 4 is 41.7 Å². The molecule has 1 aliphatic heterocycles. The molecule has 0 saturated carbocycles. The zero-order valence-corrected chi connectivity index (χ0v) is 16.7. The fourth-order valence-corrected chi connectivity index (χ4v) is 3.07. The number of rotatable bonds is 5. The number of nitrogens with one attached hydrogen (secondary N) is 2. The van der Waals surface area contributed by atoms with Crippen LogP contribution >= 0.6 is 35.7 Å². The van der Waals surface area contributed by atoms with Gasteiger partial charge in [-0.3, -0.25) is 4.99 Å². The number of benzene rings is 1. The molecule has 1 aromatic rings. The molecule has 4 nitrogen and oxygen atoms in total. The molecule has 0 spiro atoms. The van der Waals surface area contributed by atoms with Gasteiger partial charge in [0.1, 0.15) is 5.82 Å². The monoisotopic (exact) mass is 453 g/mol. The van der Waals surface area contributed by atoms with E-state index >= 15 is 0 Å². The standard InChI is InChI=1S/C16H24FN3OS.HI/c1-18-16(19-10-12-5-7-21-8-6-12)20-11-13-9-14(17)3-4-15(13)22-2;/h3-4,9,12H,5-8,10-11H2,1-2H3,(H2,18,19,20);1H. The van der Waals surface area contributed by atoms with Gasteiger partial charge in [-0.15, -0.1) is 35.7 Å². The summed E-state index contributed by atoms with van der Waals surface area (Å²) in [6.07, 6.45) is 4.17. The van der Waals surface area contributed by atoms with Crippen LogP contribution in [-0.4, -0.2) is 39.0 Å². The molecule has 0 aromatic heterocycles. The van der Waals surface area contributed by atoms with Gasteiger partial charge in [0.05, 0.1) is 0 Å². The van der Waals surface area contributed by atoms with Gasteiger partial charge in [-0.1, -0.05) is 0 Å². The molecule has 0 atom stereocenters. The van der Waals surface area contributed by atoms with Crippen LogP contribution in [0.3, 0.4) is 0 Å². The van der Waals surface area contributed by atoms with Gasteiger partial charge in [0.25, 0.3) is 0 Å². The minimum Gasteiger partial charge on any atom is -0.381 e. The lowest BCUT2D eigenvalue weighted by atomic mass is 10.0. The maximum atomic E-state index is 13.4. The zero-order valence-electron chi connectivity index (χ0n) is 13.6. The van der Waals surface area contributed by atoms with Crippen molar-refractivity contribution in [1.82, 2.24) is 10.6 Å². The molecule has 1 saturated heterocycles. The van der Waals surface area contributed by atoms with Gasteiger partial charge < -0.3 is 15.4 Å². The van der Waals surface area contributed by atoms with Gasteiger partial charge in [-0.05, 0) is 48.8 Å². The minimum atomic E-state index is -0.209. The molecule has 0 bridgehead atoms. The number of hydrogen-bond acceptors (Lipinski definition) is 3. The van der Waals surface area contributed by atoms with Crippen molar-refractivity contribution in [2.45, 2.75) is 24.3 Å². The van der Waals surface area contributed by atoms with E-state index in [2.05, 4.69) is 15.6 Å². The second-order valence-electron chi connectivity index (χ2n) is 5.32. The summed E-state index contributed by atoms with van der Waals surface area (Å²) in [4.78, 5) is 5.31. The molecule has 2 N–H and O–H groups in total. The van der Waals surface area contributed by atoms with Crippen molar-refractivity contribution in [3.05, 3.63) is 29.6 Å². The lowest BCUT2D eigenvalue weighted by Crippen LogP contribution is -2.40. The molecule has 0 radical (unpaired) electrons. The maximum Gasteiger partial charge on any atom is 0.191 e. The van der Waals surface area contributed by atoms with Gasteiger partial charge in [-0.2, -0.15) is 0 Å². The molecule has 0 aliphatic carbocycles. The summed E-state index contributed by atoms with van der Waals surface area (Å²) in [5.74, 6) is 1.17. The number of hydrogen-bond donors (Lipinski definition) is 2. The van der Waals surface area contributed by atoms with Crippen molar-refractivity contribution in [3.8, 4) is 0 Å². The number of nitrogens with zero attached hydrogens (tertiary/aromatic N) is 1. The second kappa shape index (κ2) is 11.1. The fraction of sp³-hybridized carbons (Fsp3) is 0.562. The normalized spacial score (nSPS) is 15.9. The van der Waals surface area contributed by atoms with Crippen molar-refractivity contribution < 1.29 is 9.13 Å². The first-order chi connectivity index (χ1) is 10.7. The average Bonchev–Trinajstić information content (AvgIpc) is 2.56. The second-order valence-corrected chi connectivity index (χ2v) is 6.17. The van der Waals surface area contributed by atoms with Crippen molar-refractivity contribution in [2.24, 2.45) is 10.9 Å². The molecule has 2 rings (SSSR count). The third kappa shape index (κ3) is 6.84. The van der Waals surface area contributed by atoms with Gasteiger partial charge >= 0.3 is 0 Å². The number of halogens is 2. The Hall–Kier alpha value is -0.540. The zero-order chi connectivity index (χ0) is 15.8. The van der Waals surface area contributed by atoms with Gasteiger partial charge in [0.15, 0.2) is 5.96 Å². The first kappa shape index (κ1) is 20.5. The Morgan fingerprint density at radius 2 is 2.09 bits per heavy atom. The van der Waals surface area contributed by atoms with Crippen LogP contribution in [0.1, 0.15) is 18.4 Å². The first-order valence-corrected chi connectivity index (χ1v) is 8.80. The van der Waals surface area contributed by atoms with E-state index in [1.54, 1.807) is 24.9 Å². The van der Waals surface area contributed by atoms with E-state index in [4.69, 9.17) is 4.74 Å². The third-order valence-corrected chi connectivity index (χ3v) is 4.65. The molecule has 1 heterocycles. The van der Waals surface area contributed by atoms with E-state index in [1.165, 1.54) is 6.07 Å². The third-order valence-electron chi connectivity index (χ3n) is 3.81. The molecule has 1 aromatic carbocycles. The van der Waals surface area contributed by atoms with Crippen LogP contribution in [0.15, 0.2) is 28.1 Å². The molecular weight excluding hydrogens is 428 g/mol. The van der Waals surface area contributed by atoms with E-state index in [9.17, 15) is 4.39 Å². The van der Waals surface area contributed by atoms with Crippen LogP contribution in [0, 0.1) is 11.7 Å². The van der Waals surface area contributed by atoms with E-state index < -0.39 is 0 Å². The van der Waals surface area contributed by atoms with E-state index in [0.717, 1.165) is 49.0 Å². The number of aliphatic imine (C=N–C) groups is 1. The molecule has 1 aliphatic rings.